The second-order valence-electron chi connectivity index (χ2n) is 2.53. The molecule has 0 unspecified atom stereocenters. The van der Waals surface area contributed by atoms with Crippen molar-refractivity contribution in [2.75, 3.05) is 5.73 Å². The van der Waals surface area contributed by atoms with Crippen molar-refractivity contribution >= 4 is 11.8 Å². The highest BCUT2D eigenvalue weighted by atomic mass is 16.5. The molecule has 0 amide bonds. The molecule has 2 heteroatoms. The van der Waals surface area contributed by atoms with E-state index in [1.807, 2.05) is 24.3 Å². The van der Waals surface area contributed by atoms with Crippen LogP contribution in [0.3, 0.4) is 0 Å². The van der Waals surface area contributed by atoms with Crippen molar-refractivity contribution in [2.45, 2.75) is 6.61 Å². The molecule has 1 aromatic carbocycles. The van der Waals surface area contributed by atoms with Gasteiger partial charge in [0.25, 0.3) is 0 Å². The van der Waals surface area contributed by atoms with Crippen molar-refractivity contribution in [1.82, 2.24) is 0 Å². The van der Waals surface area contributed by atoms with Gasteiger partial charge in [-0.3, -0.25) is 0 Å². The lowest BCUT2D eigenvalue weighted by Gasteiger charge is -2.12. The molecule has 2 rings (SSSR count). The summed E-state index contributed by atoms with van der Waals surface area (Å²) in [6, 6.07) is 5.87. The van der Waals surface area contributed by atoms with Crippen molar-refractivity contribution in [2.24, 2.45) is 0 Å². The van der Waals surface area contributed by atoms with Crippen molar-refractivity contribution in [1.29, 1.82) is 0 Å². The first-order valence-electron chi connectivity index (χ1n) is 3.53. The molecule has 56 valence electrons. The average Bonchev–Trinajstić information content (AvgIpc) is 2.06. The van der Waals surface area contributed by atoms with Crippen LogP contribution in [0.1, 0.15) is 11.1 Å². The topological polar surface area (TPSA) is 35.2 Å². The summed E-state index contributed by atoms with van der Waals surface area (Å²) in [6.45, 7) is 0.596. The van der Waals surface area contributed by atoms with Crippen LogP contribution in [-0.2, 0) is 11.3 Å². The van der Waals surface area contributed by atoms with E-state index in [1.54, 1.807) is 6.26 Å². The van der Waals surface area contributed by atoms with Gasteiger partial charge in [-0.25, -0.2) is 0 Å². The Morgan fingerprint density at radius 3 is 3.09 bits per heavy atom. The Balaban J connectivity index is 2.60. The third kappa shape index (κ3) is 0.963. The van der Waals surface area contributed by atoms with Gasteiger partial charge in [-0.15, -0.1) is 0 Å². The Labute approximate surface area is 65.3 Å². The van der Waals surface area contributed by atoms with Gasteiger partial charge in [0.1, 0.15) is 6.61 Å². The highest BCUT2D eigenvalue weighted by Gasteiger charge is 2.06. The maximum absolute atomic E-state index is 5.73. The summed E-state index contributed by atoms with van der Waals surface area (Å²) in [5, 5.41) is 0. The Kier molecular flexibility index (Phi) is 1.32. The number of fused-ring (bicyclic) bond motifs is 1. The normalized spacial score (nSPS) is 13.8. The van der Waals surface area contributed by atoms with Gasteiger partial charge in [0.2, 0.25) is 0 Å². The number of nitrogen functional groups attached to an aromatic ring is 1. The van der Waals surface area contributed by atoms with Crippen LogP contribution in [-0.4, -0.2) is 0 Å². The fourth-order valence-electron chi connectivity index (χ4n) is 1.20. The zero-order valence-corrected chi connectivity index (χ0v) is 6.08. The minimum absolute atomic E-state index is 0.596. The van der Waals surface area contributed by atoms with E-state index in [0.717, 1.165) is 16.8 Å². The molecule has 0 bridgehead atoms. The molecular formula is C9H9NO. The fraction of sp³-hybridized carbons (Fsp3) is 0.111. The lowest BCUT2D eigenvalue weighted by Crippen LogP contribution is -2.01. The molecule has 0 atom stereocenters. The Morgan fingerprint density at radius 1 is 1.36 bits per heavy atom. The van der Waals surface area contributed by atoms with Gasteiger partial charge in [-0.1, -0.05) is 12.1 Å². The van der Waals surface area contributed by atoms with Gasteiger partial charge >= 0.3 is 0 Å². The van der Waals surface area contributed by atoms with E-state index < -0.39 is 0 Å². The van der Waals surface area contributed by atoms with Gasteiger partial charge in [-0.2, -0.15) is 0 Å². The quantitative estimate of drug-likeness (QED) is 0.567. The molecule has 0 fully saturated rings. The highest BCUT2D eigenvalue weighted by Crippen LogP contribution is 2.22. The van der Waals surface area contributed by atoms with Crippen molar-refractivity contribution < 1.29 is 4.74 Å². The summed E-state index contributed by atoms with van der Waals surface area (Å²) in [7, 11) is 0. The number of hydrogen-bond acceptors (Lipinski definition) is 2. The molecule has 0 saturated heterocycles. The minimum atomic E-state index is 0.596. The van der Waals surface area contributed by atoms with Crippen molar-refractivity contribution in [3.8, 4) is 0 Å². The zero-order valence-electron chi connectivity index (χ0n) is 6.08. The van der Waals surface area contributed by atoms with E-state index in [-0.39, 0.29) is 0 Å². The van der Waals surface area contributed by atoms with Gasteiger partial charge < -0.3 is 10.5 Å². The van der Waals surface area contributed by atoms with Gasteiger partial charge in [0.15, 0.2) is 0 Å². The van der Waals surface area contributed by atoms with Gasteiger partial charge in [0.05, 0.1) is 6.26 Å². The maximum Gasteiger partial charge on any atom is 0.115 e. The molecular weight excluding hydrogens is 138 g/mol. The molecule has 0 spiro atoms. The van der Waals surface area contributed by atoms with E-state index in [1.165, 1.54) is 0 Å². The lowest BCUT2D eigenvalue weighted by atomic mass is 10.1. The number of hydrogen-bond donors (Lipinski definition) is 1. The molecule has 1 aliphatic rings. The van der Waals surface area contributed by atoms with E-state index in [2.05, 4.69) is 0 Å². The molecule has 0 radical (unpaired) electrons. The monoisotopic (exact) mass is 147 g/mol. The third-order valence-electron chi connectivity index (χ3n) is 1.82. The Morgan fingerprint density at radius 2 is 2.27 bits per heavy atom. The molecule has 0 aliphatic carbocycles. The molecule has 11 heavy (non-hydrogen) atoms. The van der Waals surface area contributed by atoms with Gasteiger partial charge in [-0.05, 0) is 17.7 Å². The van der Waals surface area contributed by atoms with Crippen LogP contribution in [0.4, 0.5) is 5.69 Å². The number of ether oxygens (including phenoxy) is 1. The first kappa shape index (κ1) is 6.28. The molecule has 0 saturated carbocycles. The first-order chi connectivity index (χ1) is 5.38. The predicted octanol–water partition coefficient (Wildman–Crippen LogP) is 1.77. The largest absolute Gasteiger partial charge is 0.496 e. The van der Waals surface area contributed by atoms with E-state index in [0.29, 0.717) is 6.61 Å². The summed E-state index contributed by atoms with van der Waals surface area (Å²) in [5.74, 6) is 0. The van der Waals surface area contributed by atoms with E-state index in [4.69, 9.17) is 10.5 Å². The van der Waals surface area contributed by atoms with Crippen molar-refractivity contribution in [3.05, 3.63) is 35.6 Å². The standard InChI is InChI=1S/C9H9NO/c10-9-3-1-2-7-4-5-11-6-8(7)9/h1-5H,6,10H2. The van der Waals surface area contributed by atoms with Crippen LogP contribution in [0.15, 0.2) is 24.5 Å². The first-order valence-corrected chi connectivity index (χ1v) is 3.53. The molecule has 1 aliphatic heterocycles. The molecule has 2 N–H and O–H groups in total. The number of rotatable bonds is 0. The summed E-state index contributed by atoms with van der Waals surface area (Å²) in [4.78, 5) is 0. The SMILES string of the molecule is Nc1cccc2c1COC=C2. The third-order valence-corrected chi connectivity index (χ3v) is 1.82. The van der Waals surface area contributed by atoms with E-state index in [9.17, 15) is 0 Å². The summed E-state index contributed by atoms with van der Waals surface area (Å²) >= 11 is 0. The predicted molar refractivity (Wildman–Crippen MR) is 44.7 cm³/mol. The van der Waals surface area contributed by atoms with Crippen LogP contribution in [0.2, 0.25) is 0 Å². The lowest BCUT2D eigenvalue weighted by molar-refractivity contribution is 0.235. The van der Waals surface area contributed by atoms with E-state index >= 15 is 0 Å². The van der Waals surface area contributed by atoms with Crippen LogP contribution >= 0.6 is 0 Å². The Bertz CT molecular complexity index is 304. The smallest absolute Gasteiger partial charge is 0.115 e. The number of anilines is 1. The molecule has 1 heterocycles. The fourth-order valence-corrected chi connectivity index (χ4v) is 1.20. The minimum Gasteiger partial charge on any atom is -0.496 e. The van der Waals surface area contributed by atoms with Crippen molar-refractivity contribution in [3.63, 3.8) is 0 Å². The number of benzene rings is 1. The summed E-state index contributed by atoms with van der Waals surface area (Å²) in [5.41, 5.74) is 8.80. The molecule has 1 aromatic rings. The maximum atomic E-state index is 5.73. The highest BCUT2D eigenvalue weighted by molar-refractivity contribution is 5.63. The molecule has 2 nitrogen and oxygen atoms in total. The molecule has 0 aromatic heterocycles. The van der Waals surface area contributed by atoms with Gasteiger partial charge in [0, 0.05) is 11.3 Å². The van der Waals surface area contributed by atoms with Crippen LogP contribution in [0.5, 0.6) is 0 Å². The average molecular weight is 147 g/mol. The second-order valence-corrected chi connectivity index (χ2v) is 2.53. The number of nitrogens with two attached hydrogens (primary N) is 1. The van der Waals surface area contributed by atoms with Crippen LogP contribution in [0.25, 0.3) is 6.08 Å². The summed E-state index contributed by atoms with van der Waals surface area (Å²) in [6.07, 6.45) is 3.62. The second kappa shape index (κ2) is 2.31. The van der Waals surface area contributed by atoms with Crippen LogP contribution in [0, 0.1) is 0 Å². The Hall–Kier alpha value is -1.44. The summed E-state index contributed by atoms with van der Waals surface area (Å²) < 4.78 is 5.12. The van der Waals surface area contributed by atoms with Crippen LogP contribution < -0.4 is 5.73 Å². The zero-order chi connectivity index (χ0) is 7.68.